The molecule has 1 saturated carbocycles. The number of nitrogens with one attached hydrogen (secondary N) is 1. The standard InChI is InChI=1S/C21H21F2N5O/c1-21(7-8-21)20(29)25-16-12-24-28-10-6-18(26-19(16)28)27-9-2-3-17(27)14-11-13(22)4-5-15(14)23/h4-6,10-12,17H,2-3,7-9H2,1H3,(H,25,29)/t17-/m1/s1. The lowest BCUT2D eigenvalue weighted by molar-refractivity contribution is -0.120. The maximum Gasteiger partial charge on any atom is 0.230 e. The number of hydrogen-bond donors (Lipinski definition) is 1. The Morgan fingerprint density at radius 2 is 2.10 bits per heavy atom. The Kier molecular flexibility index (Phi) is 4.04. The van der Waals surface area contributed by atoms with Gasteiger partial charge in [0.15, 0.2) is 5.65 Å². The number of carbonyl (C=O) groups is 1. The molecule has 0 bridgehead atoms. The number of rotatable bonds is 4. The molecule has 0 radical (unpaired) electrons. The third-order valence-corrected chi connectivity index (χ3v) is 6.01. The molecular weight excluding hydrogens is 376 g/mol. The molecule has 3 aromatic rings. The van der Waals surface area contributed by atoms with E-state index in [9.17, 15) is 13.6 Å². The Bertz CT molecular complexity index is 1110. The predicted octanol–water partition coefficient (Wildman–Crippen LogP) is 4.09. The minimum absolute atomic E-state index is 0.0273. The maximum atomic E-state index is 14.4. The van der Waals surface area contributed by atoms with Crippen molar-refractivity contribution in [2.75, 3.05) is 16.8 Å². The van der Waals surface area contributed by atoms with Crippen LogP contribution in [0.3, 0.4) is 0 Å². The average Bonchev–Trinajstić information content (AvgIpc) is 3.13. The van der Waals surface area contributed by atoms with Crippen LogP contribution in [-0.4, -0.2) is 27.0 Å². The molecule has 150 valence electrons. The van der Waals surface area contributed by atoms with Crippen molar-refractivity contribution in [1.29, 1.82) is 0 Å². The highest BCUT2D eigenvalue weighted by atomic mass is 19.1. The molecule has 0 spiro atoms. The molecule has 1 aromatic carbocycles. The van der Waals surface area contributed by atoms with E-state index in [0.717, 1.165) is 25.3 Å². The highest BCUT2D eigenvalue weighted by Gasteiger charge is 2.45. The third-order valence-electron chi connectivity index (χ3n) is 6.01. The van der Waals surface area contributed by atoms with E-state index in [2.05, 4.69) is 10.4 Å². The largest absolute Gasteiger partial charge is 0.349 e. The number of nitrogens with zero attached hydrogens (tertiary/aromatic N) is 4. The van der Waals surface area contributed by atoms with Crippen molar-refractivity contribution in [2.45, 2.75) is 38.6 Å². The maximum absolute atomic E-state index is 14.4. The minimum Gasteiger partial charge on any atom is -0.349 e. The molecule has 5 rings (SSSR count). The lowest BCUT2D eigenvalue weighted by Crippen LogP contribution is -2.25. The first kappa shape index (κ1) is 18.0. The molecule has 8 heteroatoms. The van der Waals surface area contributed by atoms with Crippen LogP contribution in [0.1, 0.15) is 44.2 Å². The van der Waals surface area contributed by atoms with Crippen LogP contribution in [-0.2, 0) is 4.79 Å². The van der Waals surface area contributed by atoms with Crippen LogP contribution in [0, 0.1) is 17.0 Å². The van der Waals surface area contributed by atoms with Gasteiger partial charge in [-0.2, -0.15) is 5.10 Å². The Morgan fingerprint density at radius 1 is 1.28 bits per heavy atom. The van der Waals surface area contributed by atoms with Crippen LogP contribution in [0.25, 0.3) is 5.65 Å². The molecule has 1 N–H and O–H groups in total. The van der Waals surface area contributed by atoms with E-state index in [1.807, 2.05) is 17.9 Å². The van der Waals surface area contributed by atoms with Gasteiger partial charge in [-0.1, -0.05) is 6.92 Å². The van der Waals surface area contributed by atoms with Gasteiger partial charge in [-0.3, -0.25) is 4.79 Å². The Morgan fingerprint density at radius 3 is 2.90 bits per heavy atom. The van der Waals surface area contributed by atoms with Gasteiger partial charge in [0.2, 0.25) is 5.91 Å². The Labute approximate surface area is 166 Å². The molecule has 2 fully saturated rings. The van der Waals surface area contributed by atoms with E-state index in [1.165, 1.54) is 12.1 Å². The van der Waals surface area contributed by atoms with Crippen LogP contribution in [0.2, 0.25) is 0 Å². The first-order valence-corrected chi connectivity index (χ1v) is 9.82. The number of carbonyl (C=O) groups excluding carboxylic acids is 1. The van der Waals surface area contributed by atoms with E-state index in [-0.39, 0.29) is 17.4 Å². The average molecular weight is 397 g/mol. The number of hydrogen-bond acceptors (Lipinski definition) is 4. The molecule has 1 atom stereocenters. The lowest BCUT2D eigenvalue weighted by atomic mass is 10.0. The summed E-state index contributed by atoms with van der Waals surface area (Å²) in [6.45, 7) is 2.63. The van der Waals surface area contributed by atoms with Crippen LogP contribution < -0.4 is 10.2 Å². The summed E-state index contributed by atoms with van der Waals surface area (Å²) >= 11 is 0. The monoisotopic (exact) mass is 397 g/mol. The van der Waals surface area contributed by atoms with Gasteiger partial charge in [-0.05, 0) is 49.9 Å². The topological polar surface area (TPSA) is 62.5 Å². The van der Waals surface area contributed by atoms with Gasteiger partial charge in [0.25, 0.3) is 0 Å². The second-order valence-electron chi connectivity index (χ2n) is 8.14. The van der Waals surface area contributed by atoms with Gasteiger partial charge in [0.1, 0.15) is 23.1 Å². The number of aromatic nitrogens is 3. The number of anilines is 2. The second kappa shape index (κ2) is 6.50. The number of fused-ring (bicyclic) bond motifs is 1. The molecule has 1 amide bonds. The van der Waals surface area contributed by atoms with Crippen LogP contribution in [0.5, 0.6) is 0 Å². The molecule has 1 aliphatic carbocycles. The van der Waals surface area contributed by atoms with E-state index >= 15 is 0 Å². The van der Waals surface area contributed by atoms with Crippen molar-refractivity contribution in [3.05, 3.63) is 53.9 Å². The zero-order valence-electron chi connectivity index (χ0n) is 16.0. The van der Waals surface area contributed by atoms with Crippen molar-refractivity contribution >= 4 is 23.1 Å². The van der Waals surface area contributed by atoms with Crippen molar-refractivity contribution < 1.29 is 13.6 Å². The fourth-order valence-corrected chi connectivity index (χ4v) is 3.93. The van der Waals surface area contributed by atoms with Gasteiger partial charge in [-0.25, -0.2) is 18.3 Å². The summed E-state index contributed by atoms with van der Waals surface area (Å²) in [5, 5.41) is 7.19. The van der Waals surface area contributed by atoms with Gasteiger partial charge >= 0.3 is 0 Å². The molecule has 29 heavy (non-hydrogen) atoms. The molecule has 3 heterocycles. The molecule has 1 aliphatic heterocycles. The van der Waals surface area contributed by atoms with E-state index in [4.69, 9.17) is 4.98 Å². The summed E-state index contributed by atoms with van der Waals surface area (Å²) in [6, 6.07) is 5.08. The number of amides is 1. The van der Waals surface area contributed by atoms with Crippen LogP contribution in [0.15, 0.2) is 36.7 Å². The fraction of sp³-hybridized carbons (Fsp3) is 0.381. The number of halogens is 2. The van der Waals surface area contributed by atoms with E-state index < -0.39 is 11.6 Å². The zero-order chi connectivity index (χ0) is 20.2. The zero-order valence-corrected chi connectivity index (χ0v) is 16.0. The van der Waals surface area contributed by atoms with Gasteiger partial charge in [0, 0.05) is 23.7 Å². The lowest BCUT2D eigenvalue weighted by Gasteiger charge is -2.26. The normalized spacial score (nSPS) is 20.2. The quantitative estimate of drug-likeness (QED) is 0.720. The Hall–Kier alpha value is -3.03. The molecular formula is C21H21F2N5O. The SMILES string of the molecule is CC1(C(=O)Nc2cnn3ccc(N4CCC[C@@H]4c4cc(F)ccc4F)nc23)CC1. The van der Waals surface area contributed by atoms with Crippen LogP contribution >= 0.6 is 0 Å². The molecule has 2 aromatic heterocycles. The van der Waals surface area contributed by atoms with E-state index in [0.29, 0.717) is 35.7 Å². The first-order valence-electron chi connectivity index (χ1n) is 9.82. The van der Waals surface area contributed by atoms with Crippen LogP contribution in [0.4, 0.5) is 20.3 Å². The minimum atomic E-state index is -0.453. The van der Waals surface area contributed by atoms with Gasteiger partial charge < -0.3 is 10.2 Å². The van der Waals surface area contributed by atoms with Gasteiger partial charge in [0.05, 0.1) is 12.2 Å². The van der Waals surface area contributed by atoms with E-state index in [1.54, 1.807) is 16.9 Å². The summed E-state index contributed by atoms with van der Waals surface area (Å²) in [6.07, 6.45) is 6.69. The van der Waals surface area contributed by atoms with Crippen molar-refractivity contribution in [3.8, 4) is 0 Å². The summed E-state index contributed by atoms with van der Waals surface area (Å²) in [4.78, 5) is 19.1. The second-order valence-corrected chi connectivity index (χ2v) is 8.14. The highest BCUT2D eigenvalue weighted by Crippen LogP contribution is 2.46. The molecule has 6 nitrogen and oxygen atoms in total. The summed E-state index contributed by atoms with van der Waals surface area (Å²) in [5.41, 5.74) is 1.12. The molecule has 2 aliphatic rings. The fourth-order valence-electron chi connectivity index (χ4n) is 3.93. The van der Waals surface area contributed by atoms with Gasteiger partial charge in [-0.15, -0.1) is 0 Å². The third kappa shape index (κ3) is 3.12. The smallest absolute Gasteiger partial charge is 0.230 e. The predicted molar refractivity (Wildman–Crippen MR) is 105 cm³/mol. The summed E-state index contributed by atoms with van der Waals surface area (Å²) in [5.74, 6) is -0.247. The number of benzene rings is 1. The molecule has 0 unspecified atom stereocenters. The van der Waals surface area contributed by atoms with Crippen molar-refractivity contribution in [3.63, 3.8) is 0 Å². The summed E-state index contributed by atoms with van der Waals surface area (Å²) < 4.78 is 29.7. The Balaban J connectivity index is 1.48. The first-order chi connectivity index (χ1) is 13.9. The summed E-state index contributed by atoms with van der Waals surface area (Å²) in [7, 11) is 0. The van der Waals surface area contributed by atoms with Crippen molar-refractivity contribution in [1.82, 2.24) is 14.6 Å². The van der Waals surface area contributed by atoms with Crippen molar-refractivity contribution in [2.24, 2.45) is 5.41 Å². The highest BCUT2D eigenvalue weighted by molar-refractivity contribution is 5.99. The molecule has 1 saturated heterocycles.